The van der Waals surface area contributed by atoms with E-state index in [1.54, 1.807) is 0 Å². The van der Waals surface area contributed by atoms with Crippen molar-refractivity contribution < 1.29 is 36.3 Å². The fraction of sp³-hybridized carbons (Fsp3) is 1.00. The van der Waals surface area contributed by atoms with E-state index < -0.39 is 39.8 Å². The van der Waals surface area contributed by atoms with Gasteiger partial charge in [0, 0.05) is 11.9 Å². The summed E-state index contributed by atoms with van der Waals surface area (Å²) in [7, 11) is 0. The Morgan fingerprint density at radius 2 is 1.68 bits per heavy atom. The second kappa shape index (κ2) is 10.2. The van der Waals surface area contributed by atoms with Crippen LogP contribution < -0.4 is 36.4 Å². The van der Waals surface area contributed by atoms with Crippen LogP contribution in [0.4, 0.5) is 0 Å². The van der Waals surface area contributed by atoms with Crippen LogP contribution in [0.2, 0.25) is 0 Å². The minimum absolute atomic E-state index is 0.0692. The summed E-state index contributed by atoms with van der Waals surface area (Å²) in [6.07, 6.45) is -0.173. The molecular weight excluding hydrogens is 509 g/mol. The molecule has 1 saturated heterocycles. The molecule has 0 aromatic heterocycles. The highest BCUT2D eigenvalue weighted by atomic mass is 127. The summed E-state index contributed by atoms with van der Waals surface area (Å²) in [4.78, 5) is 2.96. The lowest BCUT2D eigenvalue weighted by atomic mass is 9.83. The van der Waals surface area contributed by atoms with Gasteiger partial charge < -0.3 is 15.6 Å². The summed E-state index contributed by atoms with van der Waals surface area (Å²) in [6.45, 7) is 7.13. The van der Waals surface area contributed by atoms with Gasteiger partial charge in [0.1, 0.15) is 30.7 Å². The number of halogens is 1. The van der Waals surface area contributed by atoms with Crippen molar-refractivity contribution in [3.05, 3.63) is 15.6 Å². The zero-order chi connectivity index (χ0) is 21.2. The Morgan fingerprint density at radius 3 is 2.11 bits per heavy atom. The van der Waals surface area contributed by atoms with Gasteiger partial charge in [-0.3, -0.25) is 0 Å². The Morgan fingerprint density at radius 1 is 1.14 bits per heavy atom. The average molecular weight is 540 g/mol. The third kappa shape index (κ3) is 6.28. The lowest BCUT2D eigenvalue weighted by Gasteiger charge is -2.44. The van der Waals surface area contributed by atoms with Gasteiger partial charge in [0.15, 0.2) is 0 Å². The number of quaternary nitrogens is 4. The van der Waals surface area contributed by atoms with Gasteiger partial charge in [-0.25, -0.2) is 41.6 Å². The molecular formula is C13H31IN7O6S+. The molecule has 1 heterocycles. The molecule has 1 saturated carbocycles. The van der Waals surface area contributed by atoms with E-state index in [4.69, 9.17) is 0 Å². The highest BCUT2D eigenvalue weighted by molar-refractivity contribution is 14.1. The Labute approximate surface area is 181 Å². The molecule has 28 heavy (non-hydrogen) atoms. The molecule has 8 atom stereocenters. The Hall–Kier alpha value is 0.560. The molecule has 1 aliphatic heterocycles. The van der Waals surface area contributed by atoms with E-state index in [1.165, 1.54) is 11.9 Å². The molecule has 0 spiro atoms. The highest BCUT2D eigenvalue weighted by Crippen LogP contribution is 2.25. The van der Waals surface area contributed by atoms with Gasteiger partial charge in [-0.05, 0) is 5.41 Å². The third-order valence-electron chi connectivity index (χ3n) is 5.32. The number of hydrogen-bond acceptors (Lipinski definition) is 10. The lowest BCUT2D eigenvalue weighted by Crippen LogP contribution is -3.24. The predicted octanol–water partition coefficient (Wildman–Crippen LogP) is -5.15. The fourth-order valence-electron chi connectivity index (χ4n) is 3.48. The largest absolute Gasteiger partial charge is 0.600 e. The van der Waals surface area contributed by atoms with Crippen LogP contribution in [0.1, 0.15) is 33.6 Å². The van der Waals surface area contributed by atoms with Gasteiger partial charge in [0.2, 0.25) is 5.50 Å². The topological polar surface area (TPSA) is 184 Å². The fourth-order valence-corrected chi connectivity index (χ4v) is 4.79. The number of alkyl halides is 1. The van der Waals surface area contributed by atoms with Crippen LogP contribution in [-0.4, -0.2) is 55.8 Å². The van der Waals surface area contributed by atoms with Crippen LogP contribution in [-0.2, 0) is 0 Å². The first-order valence-corrected chi connectivity index (χ1v) is 11.1. The molecule has 15 heteroatoms. The van der Waals surface area contributed by atoms with E-state index in [0.717, 1.165) is 11.6 Å². The molecule has 0 amide bonds. The van der Waals surface area contributed by atoms with Crippen LogP contribution in [0.5, 0.6) is 0 Å². The monoisotopic (exact) mass is 540 g/mol. The van der Waals surface area contributed by atoms with Crippen molar-refractivity contribution in [2.24, 2.45) is 5.41 Å². The van der Waals surface area contributed by atoms with E-state index in [-0.39, 0.29) is 23.8 Å². The summed E-state index contributed by atoms with van der Waals surface area (Å²) >= 11 is 3.70. The number of hydroxylamine groups is 6. The number of hydrazine groups is 1. The maximum Gasteiger partial charge on any atom is 0.224 e. The van der Waals surface area contributed by atoms with E-state index in [9.17, 15) is 31.2 Å². The van der Waals surface area contributed by atoms with Gasteiger partial charge in [-0.15, -0.1) is 4.83 Å². The molecule has 0 aromatic carbocycles. The van der Waals surface area contributed by atoms with E-state index in [1.807, 2.05) is 0 Å². The molecule has 2 fully saturated rings. The second-order valence-electron chi connectivity index (χ2n) is 8.38. The SMILES string of the molecule is CC(C)(C)[C@H](I)C[NH+]1NNSC1NC1C([NH+]([O-])O)CC([NH+]([O-])O)CC1[NH+]([O-])O. The van der Waals surface area contributed by atoms with Crippen LogP contribution in [0.25, 0.3) is 0 Å². The zero-order valence-electron chi connectivity index (χ0n) is 15.9. The molecule has 10 N–H and O–H groups in total. The molecule has 7 unspecified atom stereocenters. The number of hydrogen-bond donors (Lipinski definition) is 10. The van der Waals surface area contributed by atoms with E-state index >= 15 is 0 Å². The summed E-state index contributed by atoms with van der Waals surface area (Å²) < 4.78 is 0.311. The second-order valence-corrected chi connectivity index (χ2v) is 10.8. The minimum atomic E-state index is -1.18. The maximum absolute atomic E-state index is 11.8. The van der Waals surface area contributed by atoms with Crippen molar-refractivity contribution in [1.29, 1.82) is 0 Å². The molecule has 1 aliphatic carbocycles. The maximum atomic E-state index is 11.8. The van der Waals surface area contributed by atoms with Crippen LogP contribution in [0, 0.1) is 21.0 Å². The molecule has 0 radical (unpaired) electrons. The molecule has 166 valence electrons. The summed E-state index contributed by atoms with van der Waals surface area (Å²) in [6, 6.07) is -4.01. The van der Waals surface area contributed by atoms with E-state index in [0.29, 0.717) is 3.92 Å². The van der Waals surface area contributed by atoms with Crippen molar-refractivity contribution in [3.8, 4) is 0 Å². The predicted molar refractivity (Wildman–Crippen MR) is 107 cm³/mol. The van der Waals surface area contributed by atoms with Crippen molar-refractivity contribution in [3.63, 3.8) is 0 Å². The third-order valence-corrected chi connectivity index (χ3v) is 8.50. The van der Waals surface area contributed by atoms with Gasteiger partial charge >= 0.3 is 0 Å². The van der Waals surface area contributed by atoms with Crippen LogP contribution in [0.3, 0.4) is 0 Å². The van der Waals surface area contributed by atoms with Crippen LogP contribution in [0.15, 0.2) is 0 Å². The molecule has 0 aromatic rings. The van der Waals surface area contributed by atoms with Crippen molar-refractivity contribution in [1.82, 2.24) is 15.7 Å². The Bertz CT molecular complexity index is 484. The van der Waals surface area contributed by atoms with E-state index in [2.05, 4.69) is 59.0 Å². The summed E-state index contributed by atoms with van der Waals surface area (Å²) in [5.74, 6) is 0. The standard InChI is InChI=1S/C13H30IN7O6S/c1-13(2,3)10(14)6-18-12(28-17-16-18)15-11-8(20(24)25)4-7(19(22)23)5-9(11)21(26)27/h7-12,15-17,19-22,24,26H,4-6H2,1-3H3/p+1/t7?,8?,9?,10-,11?,12?/m1/s1. The highest BCUT2D eigenvalue weighted by Gasteiger charge is 2.50. The smallest absolute Gasteiger partial charge is 0.224 e. The molecule has 2 aliphatic rings. The van der Waals surface area contributed by atoms with Crippen molar-refractivity contribution in [2.75, 3.05) is 6.54 Å². The van der Waals surface area contributed by atoms with Crippen LogP contribution >= 0.6 is 34.5 Å². The zero-order valence-corrected chi connectivity index (χ0v) is 18.9. The quantitative estimate of drug-likeness (QED) is 0.0649. The van der Waals surface area contributed by atoms with Gasteiger partial charge in [0.05, 0.1) is 16.8 Å². The van der Waals surface area contributed by atoms with Gasteiger partial charge in [0.25, 0.3) is 0 Å². The number of rotatable bonds is 7. The molecule has 2 rings (SSSR count). The minimum Gasteiger partial charge on any atom is -0.600 e. The van der Waals surface area contributed by atoms with Crippen molar-refractivity contribution >= 4 is 34.5 Å². The normalized spacial score (nSPS) is 38.8. The average Bonchev–Trinajstić information content (AvgIpc) is 3.00. The first-order valence-electron chi connectivity index (χ1n) is 9.02. The summed E-state index contributed by atoms with van der Waals surface area (Å²) in [5.41, 5.74) is 2.85. The first-order chi connectivity index (χ1) is 12.9. The summed E-state index contributed by atoms with van der Waals surface area (Å²) in [5, 5.41) is 64.1. The Kier molecular flexibility index (Phi) is 9.08. The number of nitrogens with one attached hydrogen (secondary N) is 7. The molecule has 0 bridgehead atoms. The Balaban J connectivity index is 2.15. The van der Waals surface area contributed by atoms with Gasteiger partial charge in [-0.1, -0.05) is 48.9 Å². The molecule has 13 nitrogen and oxygen atoms in total. The first kappa shape index (κ1) is 24.8. The van der Waals surface area contributed by atoms with Crippen molar-refractivity contribution in [2.45, 2.75) is 67.2 Å². The lowest BCUT2D eigenvalue weighted by molar-refractivity contribution is -1.11. The van der Waals surface area contributed by atoms with Gasteiger partial charge in [-0.2, -0.15) is 0 Å².